The first-order chi connectivity index (χ1) is 8.09. The summed E-state index contributed by atoms with van der Waals surface area (Å²) in [5.74, 6) is 0. The number of nitrogens with zero attached hydrogens (tertiary/aromatic N) is 1. The van der Waals surface area contributed by atoms with Crippen molar-refractivity contribution in [3.8, 4) is 0 Å². The van der Waals surface area contributed by atoms with E-state index in [2.05, 4.69) is 53.0 Å². The Morgan fingerprint density at radius 1 is 1.18 bits per heavy atom. The topological polar surface area (TPSA) is 38.9 Å². The molecule has 17 heavy (non-hydrogen) atoms. The highest BCUT2D eigenvalue weighted by molar-refractivity contribution is 9.10. The van der Waals surface area contributed by atoms with Crippen molar-refractivity contribution >= 4 is 15.9 Å². The first-order valence-corrected chi connectivity index (χ1v) is 6.32. The lowest BCUT2D eigenvalue weighted by Gasteiger charge is -2.14. The van der Waals surface area contributed by atoms with Gasteiger partial charge in [-0.25, -0.2) is 0 Å². The van der Waals surface area contributed by atoms with Gasteiger partial charge in [0, 0.05) is 10.7 Å². The molecule has 1 unspecified atom stereocenters. The fourth-order valence-corrected chi connectivity index (χ4v) is 2.24. The molecule has 2 rings (SSSR count). The average molecular weight is 291 g/mol. The number of aromatic nitrogens is 1. The van der Waals surface area contributed by atoms with Crippen LogP contribution in [-0.4, -0.2) is 4.98 Å². The van der Waals surface area contributed by atoms with Crippen LogP contribution in [0.2, 0.25) is 0 Å². The van der Waals surface area contributed by atoms with E-state index in [4.69, 9.17) is 5.73 Å². The zero-order chi connectivity index (χ0) is 12.4. The molecule has 0 saturated carbocycles. The lowest BCUT2D eigenvalue weighted by Crippen LogP contribution is -2.14. The molecule has 0 aliphatic rings. The summed E-state index contributed by atoms with van der Waals surface area (Å²) >= 11 is 3.48. The molecule has 88 valence electrons. The maximum Gasteiger partial charge on any atom is 0.0758 e. The van der Waals surface area contributed by atoms with Crippen LogP contribution in [0, 0.1) is 13.8 Å². The van der Waals surface area contributed by atoms with Gasteiger partial charge in [-0.2, -0.15) is 0 Å². The van der Waals surface area contributed by atoms with Gasteiger partial charge < -0.3 is 5.73 Å². The minimum absolute atomic E-state index is 0.190. The minimum atomic E-state index is -0.190. The second-order valence-corrected chi connectivity index (χ2v) is 5.05. The summed E-state index contributed by atoms with van der Waals surface area (Å²) in [5, 5.41) is 0. The Balaban J connectivity index is 2.40. The van der Waals surface area contributed by atoms with Gasteiger partial charge in [0.1, 0.15) is 0 Å². The highest BCUT2D eigenvalue weighted by Gasteiger charge is 2.13. The van der Waals surface area contributed by atoms with Crippen molar-refractivity contribution in [3.63, 3.8) is 0 Å². The van der Waals surface area contributed by atoms with Gasteiger partial charge >= 0.3 is 0 Å². The van der Waals surface area contributed by atoms with Gasteiger partial charge in [0.2, 0.25) is 0 Å². The van der Waals surface area contributed by atoms with Gasteiger partial charge in [-0.3, -0.25) is 4.98 Å². The van der Waals surface area contributed by atoms with Crippen LogP contribution in [-0.2, 0) is 0 Å². The number of hydrogen-bond donors (Lipinski definition) is 1. The summed E-state index contributed by atoms with van der Waals surface area (Å²) < 4.78 is 0.950. The van der Waals surface area contributed by atoms with Crippen molar-refractivity contribution in [3.05, 3.63) is 63.4 Å². The number of aryl methyl sites for hydroxylation is 2. The fourth-order valence-electron chi connectivity index (χ4n) is 1.74. The zero-order valence-electron chi connectivity index (χ0n) is 9.94. The molecule has 2 aromatic rings. The van der Waals surface area contributed by atoms with Crippen LogP contribution in [0.5, 0.6) is 0 Å². The van der Waals surface area contributed by atoms with E-state index in [9.17, 15) is 0 Å². The number of rotatable bonds is 2. The van der Waals surface area contributed by atoms with Crippen LogP contribution >= 0.6 is 15.9 Å². The molecular formula is C14H15BrN2. The summed E-state index contributed by atoms with van der Waals surface area (Å²) in [5.41, 5.74) is 10.7. The Hall–Kier alpha value is -1.19. The Morgan fingerprint density at radius 3 is 2.59 bits per heavy atom. The predicted molar refractivity (Wildman–Crippen MR) is 73.9 cm³/mol. The van der Waals surface area contributed by atoms with Crippen LogP contribution < -0.4 is 5.73 Å². The number of nitrogens with two attached hydrogens (primary N) is 1. The van der Waals surface area contributed by atoms with Crippen molar-refractivity contribution < 1.29 is 0 Å². The maximum atomic E-state index is 6.24. The molecule has 0 fully saturated rings. The van der Waals surface area contributed by atoms with E-state index in [0.29, 0.717) is 0 Å². The molecule has 0 saturated heterocycles. The standard InChI is InChI=1S/C14H15BrN2/c1-9-5-6-11(8-10(9)2)13(16)14-12(15)4-3-7-17-14/h3-8,13H,16H2,1-2H3. The third-order valence-electron chi connectivity index (χ3n) is 2.97. The van der Waals surface area contributed by atoms with E-state index in [1.54, 1.807) is 6.20 Å². The molecule has 0 spiro atoms. The molecule has 0 bridgehead atoms. The van der Waals surface area contributed by atoms with Gasteiger partial charge in [0.15, 0.2) is 0 Å². The molecule has 1 heterocycles. The Morgan fingerprint density at radius 2 is 1.94 bits per heavy atom. The SMILES string of the molecule is Cc1ccc(C(N)c2ncccc2Br)cc1C. The first-order valence-electron chi connectivity index (χ1n) is 5.52. The summed E-state index contributed by atoms with van der Waals surface area (Å²) in [4.78, 5) is 4.33. The van der Waals surface area contributed by atoms with Crippen molar-refractivity contribution in [2.24, 2.45) is 5.73 Å². The molecule has 0 aliphatic carbocycles. The van der Waals surface area contributed by atoms with Gasteiger partial charge in [-0.05, 0) is 58.6 Å². The third kappa shape index (κ3) is 2.56. The second kappa shape index (κ2) is 4.98. The Bertz CT molecular complexity index is 537. The van der Waals surface area contributed by atoms with Crippen molar-refractivity contribution in [1.29, 1.82) is 0 Å². The quantitative estimate of drug-likeness (QED) is 0.919. The minimum Gasteiger partial charge on any atom is -0.319 e. The first kappa shape index (κ1) is 12.3. The molecule has 1 aromatic heterocycles. The van der Waals surface area contributed by atoms with Crippen LogP contribution in [0.1, 0.15) is 28.4 Å². The van der Waals surface area contributed by atoms with E-state index < -0.39 is 0 Å². The predicted octanol–water partition coefficient (Wildman–Crippen LogP) is 3.51. The number of pyridine rings is 1. The number of halogens is 1. The largest absolute Gasteiger partial charge is 0.319 e. The monoisotopic (exact) mass is 290 g/mol. The summed E-state index contributed by atoms with van der Waals surface area (Å²) in [7, 11) is 0. The van der Waals surface area contributed by atoms with Gasteiger partial charge in [0.05, 0.1) is 11.7 Å². The van der Waals surface area contributed by atoms with Gasteiger partial charge in [-0.15, -0.1) is 0 Å². The summed E-state index contributed by atoms with van der Waals surface area (Å²) in [6.07, 6.45) is 1.76. The van der Waals surface area contributed by atoms with E-state index in [0.717, 1.165) is 15.7 Å². The third-order valence-corrected chi connectivity index (χ3v) is 3.64. The van der Waals surface area contributed by atoms with Gasteiger partial charge in [0.25, 0.3) is 0 Å². The van der Waals surface area contributed by atoms with Crippen LogP contribution in [0.4, 0.5) is 0 Å². The summed E-state index contributed by atoms with van der Waals surface area (Å²) in [6, 6.07) is 9.95. The Labute approximate surface area is 110 Å². The van der Waals surface area contributed by atoms with Crippen molar-refractivity contribution in [2.45, 2.75) is 19.9 Å². The number of benzene rings is 1. The molecule has 2 N–H and O–H groups in total. The lowest BCUT2D eigenvalue weighted by molar-refractivity contribution is 0.820. The number of hydrogen-bond acceptors (Lipinski definition) is 2. The van der Waals surface area contributed by atoms with E-state index in [1.165, 1.54) is 11.1 Å². The molecule has 2 nitrogen and oxygen atoms in total. The maximum absolute atomic E-state index is 6.24. The van der Waals surface area contributed by atoms with Crippen LogP contribution in [0.15, 0.2) is 41.0 Å². The average Bonchev–Trinajstić information content (AvgIpc) is 2.32. The van der Waals surface area contributed by atoms with Crippen LogP contribution in [0.3, 0.4) is 0 Å². The fraction of sp³-hybridized carbons (Fsp3) is 0.214. The van der Waals surface area contributed by atoms with E-state index in [1.807, 2.05) is 12.1 Å². The van der Waals surface area contributed by atoms with Crippen molar-refractivity contribution in [1.82, 2.24) is 4.98 Å². The molecular weight excluding hydrogens is 276 g/mol. The van der Waals surface area contributed by atoms with Crippen LogP contribution in [0.25, 0.3) is 0 Å². The van der Waals surface area contributed by atoms with Gasteiger partial charge in [-0.1, -0.05) is 18.2 Å². The lowest BCUT2D eigenvalue weighted by atomic mass is 9.99. The molecule has 0 aliphatic heterocycles. The normalized spacial score (nSPS) is 12.5. The molecule has 3 heteroatoms. The highest BCUT2D eigenvalue weighted by atomic mass is 79.9. The molecule has 1 aromatic carbocycles. The zero-order valence-corrected chi connectivity index (χ0v) is 11.5. The smallest absolute Gasteiger partial charge is 0.0758 e. The molecule has 1 atom stereocenters. The highest BCUT2D eigenvalue weighted by Crippen LogP contribution is 2.25. The molecule has 0 radical (unpaired) electrons. The molecule has 0 amide bonds. The second-order valence-electron chi connectivity index (χ2n) is 4.19. The van der Waals surface area contributed by atoms with Crippen molar-refractivity contribution in [2.75, 3.05) is 0 Å². The Kier molecular flexibility index (Phi) is 3.60. The van der Waals surface area contributed by atoms with E-state index >= 15 is 0 Å². The summed E-state index contributed by atoms with van der Waals surface area (Å²) in [6.45, 7) is 4.19. The van der Waals surface area contributed by atoms with E-state index in [-0.39, 0.29) is 6.04 Å².